The first-order valence-electron chi connectivity index (χ1n) is 11.1. The molecular formula is C26H28N4O3. The zero-order valence-electron chi connectivity index (χ0n) is 19.1. The van der Waals surface area contributed by atoms with Crippen LogP contribution in [0.4, 0.5) is 0 Å². The van der Waals surface area contributed by atoms with Gasteiger partial charge in [-0.05, 0) is 50.6 Å². The van der Waals surface area contributed by atoms with Crippen LogP contribution in [0.2, 0.25) is 0 Å². The van der Waals surface area contributed by atoms with E-state index in [-0.39, 0.29) is 5.91 Å². The number of rotatable bonds is 9. The van der Waals surface area contributed by atoms with E-state index in [9.17, 15) is 4.79 Å². The van der Waals surface area contributed by atoms with Crippen LogP contribution in [0.3, 0.4) is 0 Å². The van der Waals surface area contributed by atoms with Crippen molar-refractivity contribution in [1.29, 1.82) is 0 Å². The monoisotopic (exact) mass is 444 g/mol. The van der Waals surface area contributed by atoms with Gasteiger partial charge in [0.25, 0.3) is 5.91 Å². The molecular weight excluding hydrogens is 416 g/mol. The van der Waals surface area contributed by atoms with E-state index in [0.717, 1.165) is 34.6 Å². The normalized spacial score (nSPS) is 11.0. The van der Waals surface area contributed by atoms with Crippen LogP contribution in [0.5, 0.6) is 5.75 Å². The van der Waals surface area contributed by atoms with Crippen molar-refractivity contribution in [1.82, 2.24) is 20.5 Å². The highest BCUT2D eigenvalue weighted by Crippen LogP contribution is 2.32. The third-order valence-electron chi connectivity index (χ3n) is 5.38. The lowest BCUT2D eigenvalue weighted by Gasteiger charge is -2.10. The molecule has 0 aliphatic heterocycles. The minimum Gasteiger partial charge on any atom is -0.494 e. The predicted molar refractivity (Wildman–Crippen MR) is 129 cm³/mol. The second kappa shape index (κ2) is 10.3. The number of hydrogen-bond acceptors (Lipinski definition) is 5. The van der Waals surface area contributed by atoms with Crippen molar-refractivity contribution in [3.63, 3.8) is 0 Å². The van der Waals surface area contributed by atoms with Gasteiger partial charge in [-0.1, -0.05) is 29.8 Å². The molecule has 0 bridgehead atoms. The van der Waals surface area contributed by atoms with Crippen molar-refractivity contribution in [3.05, 3.63) is 65.7 Å². The number of carbonyl (C=O) groups excluding carboxylic acids is 1. The fourth-order valence-electron chi connectivity index (χ4n) is 3.68. The lowest BCUT2D eigenvalue weighted by atomic mass is 10.0. The summed E-state index contributed by atoms with van der Waals surface area (Å²) in [5.74, 6) is 0.625. The van der Waals surface area contributed by atoms with Crippen LogP contribution in [-0.4, -0.2) is 48.0 Å². The molecule has 4 rings (SSSR count). The molecule has 0 unspecified atom stereocenters. The van der Waals surface area contributed by atoms with E-state index < -0.39 is 0 Å². The number of pyridine rings is 1. The Morgan fingerprint density at radius 1 is 1.06 bits per heavy atom. The predicted octanol–water partition coefficient (Wildman–Crippen LogP) is 4.77. The molecule has 170 valence electrons. The molecule has 0 aliphatic rings. The van der Waals surface area contributed by atoms with Crippen LogP contribution in [0.15, 0.2) is 54.6 Å². The highest BCUT2D eigenvalue weighted by atomic mass is 16.5. The second-order valence-corrected chi connectivity index (χ2v) is 7.78. The second-order valence-electron chi connectivity index (χ2n) is 7.78. The van der Waals surface area contributed by atoms with Gasteiger partial charge < -0.3 is 14.8 Å². The van der Waals surface area contributed by atoms with Crippen molar-refractivity contribution >= 4 is 16.9 Å². The van der Waals surface area contributed by atoms with Gasteiger partial charge in [-0.25, -0.2) is 4.98 Å². The molecule has 2 heterocycles. The molecule has 7 nitrogen and oxygen atoms in total. The topological polar surface area (TPSA) is 89.1 Å². The summed E-state index contributed by atoms with van der Waals surface area (Å²) in [6, 6.07) is 17.6. The molecule has 0 aliphatic carbocycles. The Hall–Kier alpha value is -3.71. The highest BCUT2D eigenvalue weighted by Gasteiger charge is 2.20. The van der Waals surface area contributed by atoms with Crippen LogP contribution in [0.25, 0.3) is 33.5 Å². The molecule has 0 spiro atoms. The molecule has 0 saturated heterocycles. The first kappa shape index (κ1) is 22.5. The van der Waals surface area contributed by atoms with Crippen LogP contribution >= 0.6 is 0 Å². The van der Waals surface area contributed by atoms with Gasteiger partial charge in [-0.15, -0.1) is 0 Å². The quantitative estimate of drug-likeness (QED) is 0.363. The number of aromatic nitrogens is 3. The number of aromatic amines is 1. The van der Waals surface area contributed by atoms with Gasteiger partial charge in [-0.3, -0.25) is 9.89 Å². The molecule has 0 radical (unpaired) electrons. The fourth-order valence-corrected chi connectivity index (χ4v) is 3.68. The number of methoxy groups -OCH3 is 1. The molecule has 7 heteroatoms. The maximum atomic E-state index is 13.2. The van der Waals surface area contributed by atoms with E-state index in [0.29, 0.717) is 42.0 Å². The lowest BCUT2D eigenvalue weighted by molar-refractivity contribution is 0.0950. The van der Waals surface area contributed by atoms with E-state index in [4.69, 9.17) is 14.5 Å². The molecule has 1 amide bonds. The maximum absolute atomic E-state index is 13.2. The average Bonchev–Trinajstić information content (AvgIpc) is 3.26. The van der Waals surface area contributed by atoms with E-state index in [1.54, 1.807) is 7.11 Å². The van der Waals surface area contributed by atoms with Gasteiger partial charge >= 0.3 is 0 Å². The number of benzene rings is 2. The summed E-state index contributed by atoms with van der Waals surface area (Å²) in [4.78, 5) is 18.0. The Labute approximate surface area is 193 Å². The van der Waals surface area contributed by atoms with Crippen molar-refractivity contribution in [3.8, 4) is 28.3 Å². The third-order valence-corrected chi connectivity index (χ3v) is 5.38. The molecule has 0 saturated carbocycles. The van der Waals surface area contributed by atoms with Crippen molar-refractivity contribution in [2.24, 2.45) is 0 Å². The number of nitrogens with one attached hydrogen (secondary N) is 2. The summed E-state index contributed by atoms with van der Waals surface area (Å²) < 4.78 is 10.6. The number of hydrogen-bond donors (Lipinski definition) is 2. The number of H-pyrrole nitrogens is 1. The van der Waals surface area contributed by atoms with Gasteiger partial charge in [0, 0.05) is 31.4 Å². The van der Waals surface area contributed by atoms with Crippen LogP contribution in [0, 0.1) is 6.92 Å². The van der Waals surface area contributed by atoms with Crippen molar-refractivity contribution in [2.75, 3.05) is 26.9 Å². The third kappa shape index (κ3) is 5.04. The first-order valence-corrected chi connectivity index (χ1v) is 11.1. The number of fused-ring (bicyclic) bond motifs is 1. The Balaban J connectivity index is 1.78. The number of amides is 1. The molecule has 0 fully saturated rings. The van der Waals surface area contributed by atoms with Crippen molar-refractivity contribution < 1.29 is 14.3 Å². The van der Waals surface area contributed by atoms with Gasteiger partial charge in [-0.2, -0.15) is 5.10 Å². The maximum Gasteiger partial charge on any atom is 0.252 e. The fraction of sp³-hybridized carbons (Fsp3) is 0.269. The summed E-state index contributed by atoms with van der Waals surface area (Å²) in [5, 5.41) is 11.2. The summed E-state index contributed by atoms with van der Waals surface area (Å²) in [7, 11) is 1.65. The average molecular weight is 445 g/mol. The van der Waals surface area contributed by atoms with Gasteiger partial charge in [0.2, 0.25) is 0 Å². The first-order chi connectivity index (χ1) is 16.1. The van der Waals surface area contributed by atoms with Crippen LogP contribution < -0.4 is 10.1 Å². The Bertz CT molecular complexity index is 1230. The Kier molecular flexibility index (Phi) is 7.00. The SMILES string of the molecule is CCOc1ccc(-c2cc(C(=O)NCCCOC)c3c(-c4ccc(C)cc4)[nH]nc3n2)cc1. The molecule has 2 N–H and O–H groups in total. The molecule has 2 aromatic carbocycles. The number of ether oxygens (including phenoxy) is 2. The highest BCUT2D eigenvalue weighted by molar-refractivity contribution is 6.11. The van der Waals surface area contributed by atoms with E-state index >= 15 is 0 Å². The summed E-state index contributed by atoms with van der Waals surface area (Å²) in [6.07, 6.45) is 0.735. The smallest absolute Gasteiger partial charge is 0.252 e. The standard InChI is InChI=1S/C26H28N4O3/c1-4-33-20-12-10-18(11-13-20)22-16-21(26(31)27-14-5-15-32-3)23-24(29-30-25(23)28-22)19-8-6-17(2)7-9-19/h6-13,16H,4-5,14-15H2,1-3H3,(H,27,31)(H,28,29,30). The van der Waals surface area contributed by atoms with Gasteiger partial charge in [0.05, 0.1) is 28.9 Å². The zero-order chi connectivity index (χ0) is 23.2. The van der Waals surface area contributed by atoms with Crippen LogP contribution in [-0.2, 0) is 4.74 Å². The Morgan fingerprint density at radius 3 is 2.48 bits per heavy atom. The summed E-state index contributed by atoms with van der Waals surface area (Å²) in [5.41, 5.74) is 5.48. The minimum atomic E-state index is -0.166. The number of nitrogens with zero attached hydrogens (tertiary/aromatic N) is 2. The lowest BCUT2D eigenvalue weighted by Crippen LogP contribution is -2.25. The summed E-state index contributed by atoms with van der Waals surface area (Å²) >= 11 is 0. The number of aryl methyl sites for hydroxylation is 1. The molecule has 4 aromatic rings. The molecule has 0 atom stereocenters. The van der Waals surface area contributed by atoms with E-state index in [1.807, 2.05) is 68.4 Å². The number of carbonyl (C=O) groups is 1. The molecule has 2 aromatic heterocycles. The van der Waals surface area contributed by atoms with E-state index in [1.165, 1.54) is 0 Å². The van der Waals surface area contributed by atoms with Gasteiger partial charge in [0.15, 0.2) is 5.65 Å². The van der Waals surface area contributed by atoms with Crippen LogP contribution in [0.1, 0.15) is 29.3 Å². The van der Waals surface area contributed by atoms with Crippen molar-refractivity contribution in [2.45, 2.75) is 20.3 Å². The largest absolute Gasteiger partial charge is 0.494 e. The van der Waals surface area contributed by atoms with Gasteiger partial charge in [0.1, 0.15) is 5.75 Å². The molecule has 33 heavy (non-hydrogen) atoms. The van der Waals surface area contributed by atoms with E-state index in [2.05, 4.69) is 15.5 Å². The Morgan fingerprint density at radius 2 is 1.79 bits per heavy atom. The zero-order valence-corrected chi connectivity index (χ0v) is 19.1. The summed E-state index contributed by atoms with van der Waals surface area (Å²) in [6.45, 7) is 5.70. The minimum absolute atomic E-state index is 0.166.